The molecule has 0 spiro atoms. The van der Waals surface area contributed by atoms with Crippen LogP contribution in [0.5, 0.6) is 11.5 Å². The standard InChI is InChI=1S/C28H14Cl4F8O4/c1-43-25-21(37)17(33)15(18(34)22(25)38)27(41,9-3-5-11(29)13(31)7-9)28(42,10-4-6-12(30)14(32)8-10)16-19(35)23(39)26(44-2)24(40)20(16)36/h3-8,41-42H,1-2H3. The van der Waals surface area contributed by atoms with Gasteiger partial charge in [-0.1, -0.05) is 58.5 Å². The van der Waals surface area contributed by atoms with Crippen molar-refractivity contribution < 1.29 is 54.8 Å². The molecule has 0 aliphatic carbocycles. The predicted octanol–water partition coefficient (Wildman–Crippen LogP) is 8.60. The molecule has 0 aromatic heterocycles. The molecule has 0 heterocycles. The molecule has 4 rings (SSSR count). The molecule has 234 valence electrons. The molecule has 44 heavy (non-hydrogen) atoms. The smallest absolute Gasteiger partial charge is 0.204 e. The highest BCUT2D eigenvalue weighted by atomic mass is 35.5. The third kappa shape index (κ3) is 4.83. The Morgan fingerprint density at radius 1 is 0.477 bits per heavy atom. The van der Waals surface area contributed by atoms with Gasteiger partial charge in [0.2, 0.25) is 23.3 Å². The van der Waals surface area contributed by atoms with E-state index in [9.17, 15) is 10.2 Å². The maximum absolute atomic E-state index is 15.8. The molecule has 2 atom stereocenters. The van der Waals surface area contributed by atoms with Crippen LogP contribution in [-0.2, 0) is 11.2 Å². The molecule has 0 aliphatic rings. The SMILES string of the molecule is COc1c(F)c(F)c(C(O)(c2ccc(Cl)c(Cl)c2)C(O)(c2ccc(Cl)c(Cl)c2)c2c(F)c(F)c(OC)c(F)c2F)c(F)c1F. The summed E-state index contributed by atoms with van der Waals surface area (Å²) in [6, 6.07) is 4.26. The lowest BCUT2D eigenvalue weighted by atomic mass is 9.65. The third-order valence-electron chi connectivity index (χ3n) is 6.78. The van der Waals surface area contributed by atoms with Crippen molar-refractivity contribution in [2.45, 2.75) is 11.2 Å². The summed E-state index contributed by atoms with van der Waals surface area (Å²) in [6.45, 7) is 0. The molecule has 0 radical (unpaired) electrons. The number of hydrogen-bond acceptors (Lipinski definition) is 4. The van der Waals surface area contributed by atoms with Gasteiger partial charge in [0.05, 0.1) is 45.4 Å². The Hall–Kier alpha value is -3.00. The highest BCUT2D eigenvalue weighted by Crippen LogP contribution is 2.55. The fourth-order valence-corrected chi connectivity index (χ4v) is 5.32. The molecule has 0 saturated heterocycles. The van der Waals surface area contributed by atoms with Crippen molar-refractivity contribution in [3.05, 3.63) is 125 Å². The molecule has 2 N–H and O–H groups in total. The van der Waals surface area contributed by atoms with Gasteiger partial charge in [-0.3, -0.25) is 0 Å². The quantitative estimate of drug-likeness (QED) is 0.149. The first-order valence-electron chi connectivity index (χ1n) is 11.7. The molecule has 4 aromatic carbocycles. The number of halogens is 12. The van der Waals surface area contributed by atoms with Gasteiger partial charge in [0.25, 0.3) is 0 Å². The van der Waals surface area contributed by atoms with E-state index in [-0.39, 0.29) is 10.0 Å². The number of benzene rings is 4. The van der Waals surface area contributed by atoms with E-state index in [0.717, 1.165) is 12.1 Å². The molecule has 0 saturated carbocycles. The van der Waals surface area contributed by atoms with Crippen molar-refractivity contribution in [2.24, 2.45) is 0 Å². The summed E-state index contributed by atoms with van der Waals surface area (Å²) >= 11 is 23.9. The Kier molecular flexibility index (Phi) is 9.29. The molecule has 0 aliphatic heterocycles. The van der Waals surface area contributed by atoms with Crippen LogP contribution in [0.1, 0.15) is 22.3 Å². The van der Waals surface area contributed by atoms with Crippen LogP contribution in [0.3, 0.4) is 0 Å². The molecular weight excluding hydrogens is 694 g/mol. The first-order valence-corrected chi connectivity index (χ1v) is 13.2. The Balaban J connectivity index is 2.40. The summed E-state index contributed by atoms with van der Waals surface area (Å²) in [5.74, 6) is -22.3. The van der Waals surface area contributed by atoms with Gasteiger partial charge in [-0.2, -0.15) is 17.6 Å². The Labute approximate surface area is 262 Å². The van der Waals surface area contributed by atoms with Crippen LogP contribution in [-0.4, -0.2) is 24.4 Å². The van der Waals surface area contributed by atoms with E-state index in [1.165, 1.54) is 0 Å². The lowest BCUT2D eigenvalue weighted by Crippen LogP contribution is -2.53. The molecule has 16 heteroatoms. The van der Waals surface area contributed by atoms with E-state index in [0.29, 0.717) is 38.5 Å². The van der Waals surface area contributed by atoms with Crippen LogP contribution < -0.4 is 9.47 Å². The molecule has 0 fully saturated rings. The lowest BCUT2D eigenvalue weighted by molar-refractivity contribution is -0.121. The second kappa shape index (κ2) is 12.1. The number of methoxy groups -OCH3 is 2. The minimum Gasteiger partial charge on any atom is -0.491 e. The summed E-state index contributed by atoms with van der Waals surface area (Å²) in [7, 11) is 1.26. The molecule has 0 amide bonds. The molecule has 4 aromatic rings. The second-order valence-corrected chi connectivity index (χ2v) is 10.6. The van der Waals surface area contributed by atoms with Crippen LogP contribution in [0.25, 0.3) is 0 Å². The summed E-state index contributed by atoms with van der Waals surface area (Å²) in [5.41, 5.74) is -14.8. The average Bonchev–Trinajstić information content (AvgIpc) is 2.98. The van der Waals surface area contributed by atoms with Crippen molar-refractivity contribution >= 4 is 46.4 Å². The van der Waals surface area contributed by atoms with Gasteiger partial charge in [0.15, 0.2) is 46.0 Å². The summed E-state index contributed by atoms with van der Waals surface area (Å²) < 4.78 is 133. The minimum absolute atomic E-state index is 0.289. The van der Waals surface area contributed by atoms with Gasteiger partial charge < -0.3 is 19.7 Å². The first kappa shape index (κ1) is 33.9. The monoisotopic (exact) mass is 706 g/mol. The largest absolute Gasteiger partial charge is 0.491 e. The Morgan fingerprint density at radius 3 is 0.977 bits per heavy atom. The van der Waals surface area contributed by atoms with Crippen LogP contribution in [0.15, 0.2) is 36.4 Å². The third-order valence-corrected chi connectivity index (χ3v) is 8.25. The fourth-order valence-electron chi connectivity index (χ4n) is 4.73. The highest BCUT2D eigenvalue weighted by molar-refractivity contribution is 6.42. The zero-order valence-electron chi connectivity index (χ0n) is 21.7. The van der Waals surface area contributed by atoms with E-state index >= 15 is 35.1 Å². The number of ether oxygens (including phenoxy) is 2. The van der Waals surface area contributed by atoms with Gasteiger partial charge in [-0.25, -0.2) is 17.6 Å². The fraction of sp³-hybridized carbons (Fsp3) is 0.143. The van der Waals surface area contributed by atoms with E-state index in [2.05, 4.69) is 9.47 Å². The van der Waals surface area contributed by atoms with Crippen LogP contribution in [0.4, 0.5) is 35.1 Å². The highest BCUT2D eigenvalue weighted by Gasteiger charge is 2.61. The zero-order chi connectivity index (χ0) is 33.0. The normalized spacial score (nSPS) is 14.3. The molecule has 2 unspecified atom stereocenters. The van der Waals surface area contributed by atoms with Crippen LogP contribution in [0, 0.1) is 46.5 Å². The van der Waals surface area contributed by atoms with Crippen LogP contribution >= 0.6 is 46.4 Å². The van der Waals surface area contributed by atoms with Gasteiger partial charge >= 0.3 is 0 Å². The van der Waals surface area contributed by atoms with Crippen molar-refractivity contribution in [3.63, 3.8) is 0 Å². The molecule has 4 nitrogen and oxygen atoms in total. The topological polar surface area (TPSA) is 58.9 Å². The van der Waals surface area contributed by atoms with Crippen molar-refractivity contribution in [3.8, 4) is 11.5 Å². The van der Waals surface area contributed by atoms with E-state index < -0.39 is 102 Å². The van der Waals surface area contributed by atoms with Gasteiger partial charge in [0, 0.05) is 0 Å². The predicted molar refractivity (Wildman–Crippen MR) is 145 cm³/mol. The number of rotatable bonds is 7. The van der Waals surface area contributed by atoms with Gasteiger partial charge in [0.1, 0.15) is 0 Å². The summed E-state index contributed by atoms with van der Waals surface area (Å²) in [4.78, 5) is 0. The Morgan fingerprint density at radius 2 is 0.750 bits per heavy atom. The maximum Gasteiger partial charge on any atom is 0.204 e. The van der Waals surface area contributed by atoms with Crippen LogP contribution in [0.2, 0.25) is 20.1 Å². The maximum atomic E-state index is 15.8. The second-order valence-electron chi connectivity index (χ2n) is 9.01. The van der Waals surface area contributed by atoms with E-state index in [1.54, 1.807) is 0 Å². The zero-order valence-corrected chi connectivity index (χ0v) is 24.7. The van der Waals surface area contributed by atoms with Crippen molar-refractivity contribution in [1.29, 1.82) is 0 Å². The van der Waals surface area contributed by atoms with E-state index in [1.807, 2.05) is 0 Å². The van der Waals surface area contributed by atoms with Crippen molar-refractivity contribution in [2.75, 3.05) is 14.2 Å². The molecular formula is C28H14Cl4F8O4. The van der Waals surface area contributed by atoms with Gasteiger partial charge in [-0.15, -0.1) is 0 Å². The average molecular weight is 708 g/mol. The van der Waals surface area contributed by atoms with Crippen molar-refractivity contribution in [1.82, 2.24) is 0 Å². The number of hydrogen-bond donors (Lipinski definition) is 2. The number of aliphatic hydroxyl groups is 2. The Bertz CT molecular complexity index is 1640. The first-order chi connectivity index (χ1) is 20.5. The minimum atomic E-state index is -4.20. The lowest BCUT2D eigenvalue weighted by Gasteiger charge is -2.45. The molecule has 0 bridgehead atoms. The van der Waals surface area contributed by atoms with E-state index in [4.69, 9.17) is 46.4 Å². The summed E-state index contributed by atoms with van der Waals surface area (Å²) in [6.07, 6.45) is 0. The summed E-state index contributed by atoms with van der Waals surface area (Å²) in [5, 5.41) is 23.1. The van der Waals surface area contributed by atoms with Gasteiger partial charge in [-0.05, 0) is 35.4 Å².